The fourth-order valence-electron chi connectivity index (χ4n) is 2.91. The number of nitro benzene ring substituents is 1. The number of thiazole rings is 1. The molecule has 4 aromatic rings. The molecule has 34 heavy (non-hydrogen) atoms. The van der Waals surface area contributed by atoms with Gasteiger partial charge >= 0.3 is 0 Å². The maximum atomic E-state index is 12.8. The van der Waals surface area contributed by atoms with Crippen molar-refractivity contribution in [2.24, 2.45) is 5.10 Å². The lowest BCUT2D eigenvalue weighted by Gasteiger charge is -2.06. The fourth-order valence-corrected chi connectivity index (χ4v) is 4.14. The number of nitrogens with one attached hydrogen (secondary N) is 2. The number of hydrazone groups is 1. The molecule has 1 aromatic heterocycles. The molecule has 0 unspecified atom stereocenters. The van der Waals surface area contributed by atoms with Crippen LogP contribution < -0.4 is 10.7 Å². The number of hydrogen-bond acceptors (Lipinski definition) is 7. The van der Waals surface area contributed by atoms with E-state index in [1.54, 1.807) is 48.5 Å². The first kappa shape index (κ1) is 23.6. The number of carbonyl (C=O) groups is 1. The molecule has 0 fully saturated rings. The molecule has 0 saturated heterocycles. The third-order valence-corrected chi connectivity index (χ3v) is 6.19. The van der Waals surface area contributed by atoms with Gasteiger partial charge < -0.3 is 5.32 Å². The van der Waals surface area contributed by atoms with Crippen molar-refractivity contribution < 1.29 is 9.72 Å². The quantitative estimate of drug-likeness (QED) is 0.147. The van der Waals surface area contributed by atoms with E-state index in [0.29, 0.717) is 32.0 Å². The number of hydrogen-bond donors (Lipinski definition) is 2. The van der Waals surface area contributed by atoms with Crippen molar-refractivity contribution in [3.05, 3.63) is 104 Å². The monoisotopic (exact) mass is 555 g/mol. The smallest absolute Gasteiger partial charge is 0.270 e. The molecule has 0 aliphatic carbocycles. The highest BCUT2D eigenvalue weighted by molar-refractivity contribution is 9.10. The predicted octanol–water partition coefficient (Wildman–Crippen LogP) is 6.83. The minimum absolute atomic E-state index is 0.0267. The van der Waals surface area contributed by atoms with Crippen LogP contribution in [-0.2, 0) is 0 Å². The highest BCUT2D eigenvalue weighted by atomic mass is 79.9. The van der Waals surface area contributed by atoms with Crippen LogP contribution in [0.3, 0.4) is 0 Å². The molecule has 2 N–H and O–H groups in total. The van der Waals surface area contributed by atoms with Crippen LogP contribution in [0.1, 0.15) is 15.9 Å². The number of anilines is 2. The molecule has 0 spiro atoms. The van der Waals surface area contributed by atoms with E-state index < -0.39 is 4.92 Å². The van der Waals surface area contributed by atoms with Crippen molar-refractivity contribution in [1.82, 2.24) is 4.98 Å². The Balaban J connectivity index is 1.59. The molecule has 0 aliphatic rings. The number of amides is 1. The van der Waals surface area contributed by atoms with Gasteiger partial charge in [-0.15, -0.1) is 0 Å². The van der Waals surface area contributed by atoms with Crippen molar-refractivity contribution in [3.63, 3.8) is 0 Å². The van der Waals surface area contributed by atoms with Crippen molar-refractivity contribution >= 4 is 66.8 Å². The summed E-state index contributed by atoms with van der Waals surface area (Å²) in [5, 5.41) is 19.5. The van der Waals surface area contributed by atoms with Gasteiger partial charge in [-0.3, -0.25) is 20.3 Å². The lowest BCUT2D eigenvalue weighted by molar-refractivity contribution is -0.384. The van der Waals surface area contributed by atoms with Crippen molar-refractivity contribution in [2.45, 2.75) is 0 Å². The van der Waals surface area contributed by atoms with Gasteiger partial charge in [0, 0.05) is 38.3 Å². The van der Waals surface area contributed by atoms with Crippen LogP contribution >= 0.6 is 38.9 Å². The maximum Gasteiger partial charge on any atom is 0.270 e. The molecule has 0 atom stereocenters. The summed E-state index contributed by atoms with van der Waals surface area (Å²) in [6.45, 7) is 0. The largest absolute Gasteiger partial charge is 0.312 e. The third-order valence-electron chi connectivity index (χ3n) is 4.53. The van der Waals surface area contributed by atoms with E-state index in [-0.39, 0.29) is 11.6 Å². The van der Waals surface area contributed by atoms with Gasteiger partial charge in [0.05, 0.1) is 11.1 Å². The second-order valence-electron chi connectivity index (χ2n) is 6.89. The molecule has 11 heteroatoms. The number of carbonyl (C=O) groups excluding carboxylic acids is 1. The van der Waals surface area contributed by atoms with Gasteiger partial charge in [0.2, 0.25) is 5.13 Å². The fraction of sp³-hybridized carbons (Fsp3) is 0. The first-order valence-electron chi connectivity index (χ1n) is 9.76. The standard InChI is InChI=1S/C23H15BrClN5O3S/c24-17-8-4-16(5-9-17)21(31)28-22-20(15-6-10-18(25)11-7-15)27-23(34-22)29-26-13-14-2-1-3-19(12-14)30(32)33/h1-13H,(H,27,29)(H,28,31)/b26-13-. The number of aromatic nitrogens is 1. The average molecular weight is 557 g/mol. The van der Waals surface area contributed by atoms with Crippen LogP contribution in [0.2, 0.25) is 5.02 Å². The first-order valence-corrected chi connectivity index (χ1v) is 11.7. The molecule has 3 aromatic carbocycles. The van der Waals surface area contributed by atoms with Gasteiger partial charge in [-0.2, -0.15) is 5.10 Å². The van der Waals surface area contributed by atoms with E-state index in [4.69, 9.17) is 11.6 Å². The number of rotatable bonds is 7. The number of nitro groups is 1. The van der Waals surface area contributed by atoms with Crippen LogP contribution in [0, 0.1) is 10.1 Å². The Bertz CT molecular complexity index is 1370. The zero-order valence-electron chi connectivity index (χ0n) is 17.2. The average Bonchev–Trinajstić information content (AvgIpc) is 3.22. The molecular weight excluding hydrogens is 542 g/mol. The summed E-state index contributed by atoms with van der Waals surface area (Å²) in [5.74, 6) is -0.280. The zero-order valence-corrected chi connectivity index (χ0v) is 20.4. The number of halogens is 2. The molecule has 0 radical (unpaired) electrons. The summed E-state index contributed by atoms with van der Waals surface area (Å²) < 4.78 is 0.872. The SMILES string of the molecule is O=C(Nc1sc(N/N=C\c2cccc([N+](=O)[O-])c2)nc1-c1ccc(Cl)cc1)c1ccc(Br)cc1. The summed E-state index contributed by atoms with van der Waals surface area (Å²) in [6, 6.07) is 20.2. The minimum atomic E-state index is -0.468. The van der Waals surface area contributed by atoms with E-state index in [1.807, 2.05) is 12.1 Å². The highest BCUT2D eigenvalue weighted by Crippen LogP contribution is 2.36. The topological polar surface area (TPSA) is 110 Å². The number of non-ortho nitro benzene ring substituents is 1. The number of benzene rings is 3. The van der Waals surface area contributed by atoms with Gasteiger partial charge in [-0.25, -0.2) is 4.98 Å². The molecule has 170 valence electrons. The summed E-state index contributed by atoms with van der Waals surface area (Å²) in [4.78, 5) is 27.8. The minimum Gasteiger partial charge on any atom is -0.312 e. The molecule has 8 nitrogen and oxygen atoms in total. The lowest BCUT2D eigenvalue weighted by atomic mass is 10.1. The second kappa shape index (κ2) is 10.6. The molecule has 1 amide bonds. The van der Waals surface area contributed by atoms with E-state index in [1.165, 1.54) is 29.7 Å². The lowest BCUT2D eigenvalue weighted by Crippen LogP contribution is -2.11. The normalized spacial score (nSPS) is 10.9. The van der Waals surface area contributed by atoms with Gasteiger partial charge in [0.15, 0.2) is 0 Å². The Morgan fingerprint density at radius 1 is 1.12 bits per heavy atom. The highest BCUT2D eigenvalue weighted by Gasteiger charge is 2.17. The van der Waals surface area contributed by atoms with Crippen LogP contribution in [0.25, 0.3) is 11.3 Å². The Labute approximate surface area is 211 Å². The van der Waals surface area contributed by atoms with Crippen molar-refractivity contribution in [2.75, 3.05) is 10.7 Å². The maximum absolute atomic E-state index is 12.8. The third kappa shape index (κ3) is 5.84. The van der Waals surface area contributed by atoms with E-state index >= 15 is 0 Å². The molecule has 0 aliphatic heterocycles. The van der Waals surface area contributed by atoms with E-state index in [0.717, 1.165) is 10.0 Å². The molecule has 0 bridgehead atoms. The van der Waals surface area contributed by atoms with E-state index in [2.05, 4.69) is 36.8 Å². The predicted molar refractivity (Wildman–Crippen MR) is 139 cm³/mol. The Hall–Kier alpha value is -3.60. The van der Waals surface area contributed by atoms with Crippen molar-refractivity contribution in [1.29, 1.82) is 0 Å². The summed E-state index contributed by atoms with van der Waals surface area (Å²) in [7, 11) is 0. The van der Waals surface area contributed by atoms with Crippen molar-refractivity contribution in [3.8, 4) is 11.3 Å². The molecule has 4 rings (SSSR count). The van der Waals surface area contributed by atoms with E-state index in [9.17, 15) is 14.9 Å². The van der Waals surface area contributed by atoms with Crippen LogP contribution in [-0.4, -0.2) is 22.0 Å². The summed E-state index contributed by atoms with van der Waals surface area (Å²) in [6.07, 6.45) is 1.45. The van der Waals surface area contributed by atoms with Crippen LogP contribution in [0.5, 0.6) is 0 Å². The van der Waals surface area contributed by atoms with Crippen LogP contribution in [0.15, 0.2) is 82.4 Å². The van der Waals surface area contributed by atoms with Crippen LogP contribution in [0.4, 0.5) is 15.8 Å². The molecule has 1 heterocycles. The zero-order chi connectivity index (χ0) is 24.1. The van der Waals surface area contributed by atoms with Gasteiger partial charge in [-0.05, 0) is 36.4 Å². The second-order valence-corrected chi connectivity index (χ2v) is 9.24. The summed E-state index contributed by atoms with van der Waals surface area (Å²) in [5.41, 5.74) is 5.18. The Kier molecular flexibility index (Phi) is 7.31. The molecule has 0 saturated carbocycles. The van der Waals surface area contributed by atoms with Gasteiger partial charge in [0.25, 0.3) is 11.6 Å². The Morgan fingerprint density at radius 3 is 2.56 bits per heavy atom. The van der Waals surface area contributed by atoms with Gasteiger partial charge in [0.1, 0.15) is 10.7 Å². The molecular formula is C23H15BrClN5O3S. The number of nitrogens with zero attached hydrogens (tertiary/aromatic N) is 3. The first-order chi connectivity index (χ1) is 16.4. The summed E-state index contributed by atoms with van der Waals surface area (Å²) >= 11 is 10.6. The Morgan fingerprint density at radius 2 is 1.85 bits per heavy atom. The van der Waals surface area contributed by atoms with Gasteiger partial charge in [-0.1, -0.05) is 63.1 Å².